The van der Waals surface area contributed by atoms with Crippen LogP contribution in [0.2, 0.25) is 0 Å². The molecule has 5 nitrogen and oxygen atoms in total. The van der Waals surface area contributed by atoms with Crippen LogP contribution in [-0.2, 0) is 7.05 Å². The second-order valence-electron chi connectivity index (χ2n) is 3.72. The maximum Gasteiger partial charge on any atom is 0.338 e. The number of anilines is 2. The fourth-order valence-corrected chi connectivity index (χ4v) is 2.28. The summed E-state index contributed by atoms with van der Waals surface area (Å²) >= 11 is 1.41. The molecule has 0 amide bonds. The zero-order valence-corrected chi connectivity index (χ0v) is 10.9. The van der Waals surface area contributed by atoms with Crippen LogP contribution >= 0.6 is 11.8 Å². The van der Waals surface area contributed by atoms with Crippen molar-refractivity contribution in [3.63, 3.8) is 0 Å². The third-order valence-corrected chi connectivity index (χ3v) is 3.22. The Labute approximate surface area is 109 Å². The predicted molar refractivity (Wildman–Crippen MR) is 71.7 cm³/mol. The molecule has 2 N–H and O–H groups in total. The fourth-order valence-electron chi connectivity index (χ4n) is 1.67. The Hall–Kier alpha value is -1.95. The second kappa shape index (κ2) is 5.14. The number of benzene rings is 1. The van der Waals surface area contributed by atoms with Crippen LogP contribution in [0.4, 0.5) is 11.4 Å². The third kappa shape index (κ3) is 2.48. The number of rotatable bonds is 4. The van der Waals surface area contributed by atoms with Gasteiger partial charge in [-0.05, 0) is 18.4 Å². The molecule has 1 aromatic heterocycles. The van der Waals surface area contributed by atoms with Gasteiger partial charge in [-0.3, -0.25) is 4.68 Å². The molecule has 0 aliphatic heterocycles. The number of nitrogens with zero attached hydrogens (tertiary/aromatic N) is 2. The molecule has 18 heavy (non-hydrogen) atoms. The van der Waals surface area contributed by atoms with Crippen LogP contribution in [0.1, 0.15) is 10.4 Å². The Kier molecular flexibility index (Phi) is 3.57. The number of hydrogen-bond donors (Lipinski definition) is 2. The SMILES string of the molecule is CSc1cccc(Nc2cnn(C)c2)c1C(=O)O. The molecule has 6 heteroatoms. The quantitative estimate of drug-likeness (QED) is 0.830. The van der Waals surface area contributed by atoms with Gasteiger partial charge in [0.05, 0.1) is 23.1 Å². The van der Waals surface area contributed by atoms with Crippen molar-refractivity contribution in [3.8, 4) is 0 Å². The third-order valence-electron chi connectivity index (χ3n) is 2.44. The molecule has 2 aromatic rings. The van der Waals surface area contributed by atoms with E-state index < -0.39 is 5.97 Å². The molecule has 0 saturated heterocycles. The van der Waals surface area contributed by atoms with Gasteiger partial charge in [-0.2, -0.15) is 5.10 Å². The first-order chi connectivity index (χ1) is 8.61. The van der Waals surface area contributed by atoms with Crippen LogP contribution in [0.3, 0.4) is 0 Å². The number of carboxylic acids is 1. The van der Waals surface area contributed by atoms with E-state index in [1.807, 2.05) is 19.4 Å². The molecular weight excluding hydrogens is 250 g/mol. The van der Waals surface area contributed by atoms with Crippen LogP contribution in [-0.4, -0.2) is 27.1 Å². The van der Waals surface area contributed by atoms with Gasteiger partial charge >= 0.3 is 5.97 Å². The lowest BCUT2D eigenvalue weighted by molar-refractivity contribution is 0.0694. The number of carboxylic acid groups (broad SMARTS) is 1. The Morgan fingerprint density at radius 1 is 1.50 bits per heavy atom. The van der Waals surface area contributed by atoms with Gasteiger partial charge in [-0.1, -0.05) is 6.07 Å². The Balaban J connectivity index is 2.41. The van der Waals surface area contributed by atoms with Crippen LogP contribution in [0.15, 0.2) is 35.5 Å². The Morgan fingerprint density at radius 2 is 2.28 bits per heavy atom. The molecule has 0 aliphatic rings. The van der Waals surface area contributed by atoms with Crippen molar-refractivity contribution in [1.82, 2.24) is 9.78 Å². The van der Waals surface area contributed by atoms with Crippen molar-refractivity contribution < 1.29 is 9.90 Å². The van der Waals surface area contributed by atoms with Crippen LogP contribution in [0.5, 0.6) is 0 Å². The number of carbonyl (C=O) groups is 1. The lowest BCUT2D eigenvalue weighted by atomic mass is 10.1. The highest BCUT2D eigenvalue weighted by molar-refractivity contribution is 7.98. The molecular formula is C12H13N3O2S. The molecule has 0 fully saturated rings. The summed E-state index contributed by atoms with van der Waals surface area (Å²) in [5.41, 5.74) is 1.62. The zero-order chi connectivity index (χ0) is 13.1. The van der Waals surface area contributed by atoms with E-state index in [0.717, 1.165) is 10.6 Å². The fraction of sp³-hybridized carbons (Fsp3) is 0.167. The molecule has 94 valence electrons. The topological polar surface area (TPSA) is 67.2 Å². The summed E-state index contributed by atoms with van der Waals surface area (Å²) in [5, 5.41) is 16.4. The van der Waals surface area contributed by atoms with Gasteiger partial charge in [0.1, 0.15) is 0 Å². The van der Waals surface area contributed by atoms with E-state index in [4.69, 9.17) is 0 Å². The van der Waals surface area contributed by atoms with E-state index in [1.54, 1.807) is 29.2 Å². The van der Waals surface area contributed by atoms with Gasteiger partial charge in [-0.15, -0.1) is 11.8 Å². The first-order valence-corrected chi connectivity index (χ1v) is 6.50. The zero-order valence-electron chi connectivity index (χ0n) is 10.0. The number of thioether (sulfide) groups is 1. The molecule has 1 heterocycles. The number of nitrogens with one attached hydrogen (secondary N) is 1. The Morgan fingerprint density at radius 3 is 2.83 bits per heavy atom. The summed E-state index contributed by atoms with van der Waals surface area (Å²) in [6, 6.07) is 5.37. The second-order valence-corrected chi connectivity index (χ2v) is 4.56. The number of hydrogen-bond acceptors (Lipinski definition) is 4. The van der Waals surface area contributed by atoms with E-state index in [0.29, 0.717) is 5.69 Å². The van der Waals surface area contributed by atoms with Crippen molar-refractivity contribution in [1.29, 1.82) is 0 Å². The van der Waals surface area contributed by atoms with Crippen molar-refractivity contribution >= 4 is 29.1 Å². The van der Waals surface area contributed by atoms with Gasteiger partial charge in [0.25, 0.3) is 0 Å². The van der Waals surface area contributed by atoms with Crippen LogP contribution in [0, 0.1) is 0 Å². The van der Waals surface area contributed by atoms with Gasteiger partial charge in [-0.25, -0.2) is 4.79 Å². The van der Waals surface area contributed by atoms with E-state index in [2.05, 4.69) is 10.4 Å². The minimum Gasteiger partial charge on any atom is -0.478 e. The van der Waals surface area contributed by atoms with E-state index in [9.17, 15) is 9.90 Å². The van der Waals surface area contributed by atoms with E-state index >= 15 is 0 Å². The summed E-state index contributed by atoms with van der Waals surface area (Å²) in [6.07, 6.45) is 5.30. The van der Waals surface area contributed by atoms with Crippen LogP contribution in [0.25, 0.3) is 0 Å². The summed E-state index contributed by atoms with van der Waals surface area (Å²) in [7, 11) is 1.81. The highest BCUT2D eigenvalue weighted by Gasteiger charge is 2.15. The van der Waals surface area contributed by atoms with Crippen molar-refractivity contribution in [2.75, 3.05) is 11.6 Å². The first-order valence-electron chi connectivity index (χ1n) is 5.28. The van der Waals surface area contributed by atoms with Gasteiger partial charge in [0.2, 0.25) is 0 Å². The smallest absolute Gasteiger partial charge is 0.338 e. The maximum atomic E-state index is 11.3. The largest absolute Gasteiger partial charge is 0.478 e. The Bertz CT molecular complexity index is 580. The molecule has 0 saturated carbocycles. The van der Waals surface area contributed by atoms with E-state index in [1.165, 1.54) is 11.8 Å². The van der Waals surface area contributed by atoms with Gasteiger partial charge < -0.3 is 10.4 Å². The number of aromatic nitrogens is 2. The molecule has 0 spiro atoms. The molecule has 1 aromatic carbocycles. The molecule has 0 bridgehead atoms. The number of aromatic carboxylic acids is 1. The molecule has 0 radical (unpaired) electrons. The summed E-state index contributed by atoms with van der Waals surface area (Å²) in [6.45, 7) is 0. The first kappa shape index (κ1) is 12.5. The standard InChI is InChI=1S/C12H13N3O2S/c1-15-7-8(6-13-15)14-9-4-3-5-10(18-2)11(9)12(16)17/h3-7,14H,1-2H3,(H,16,17). The predicted octanol–water partition coefficient (Wildman–Crippen LogP) is 2.58. The highest BCUT2D eigenvalue weighted by atomic mass is 32.2. The molecule has 0 aliphatic carbocycles. The average molecular weight is 263 g/mol. The van der Waals surface area contributed by atoms with Crippen LogP contribution < -0.4 is 5.32 Å². The average Bonchev–Trinajstić information content (AvgIpc) is 2.74. The van der Waals surface area contributed by atoms with E-state index in [-0.39, 0.29) is 5.56 Å². The van der Waals surface area contributed by atoms with Crippen molar-refractivity contribution in [2.45, 2.75) is 4.90 Å². The molecule has 0 unspecified atom stereocenters. The summed E-state index contributed by atoms with van der Waals surface area (Å²) in [4.78, 5) is 12.1. The number of aryl methyl sites for hydroxylation is 1. The van der Waals surface area contributed by atoms with Gasteiger partial charge in [0, 0.05) is 18.1 Å². The minimum atomic E-state index is -0.939. The maximum absolute atomic E-state index is 11.3. The van der Waals surface area contributed by atoms with Crippen molar-refractivity contribution in [2.24, 2.45) is 7.05 Å². The monoisotopic (exact) mass is 263 g/mol. The van der Waals surface area contributed by atoms with Gasteiger partial charge in [0.15, 0.2) is 0 Å². The highest BCUT2D eigenvalue weighted by Crippen LogP contribution is 2.29. The summed E-state index contributed by atoms with van der Waals surface area (Å²) < 4.78 is 1.65. The lowest BCUT2D eigenvalue weighted by Gasteiger charge is -2.10. The normalized spacial score (nSPS) is 10.3. The summed E-state index contributed by atoms with van der Waals surface area (Å²) in [5.74, 6) is -0.939. The minimum absolute atomic E-state index is 0.286. The van der Waals surface area contributed by atoms with Crippen molar-refractivity contribution in [3.05, 3.63) is 36.2 Å². The lowest BCUT2D eigenvalue weighted by Crippen LogP contribution is -2.04. The molecule has 2 rings (SSSR count). The molecule has 0 atom stereocenters.